The number of rotatable bonds is 7. The zero-order chi connectivity index (χ0) is 28.8. The standard InChI is InChI=1S/C42H33N/c1-4-12-32(13-5-1)34-20-26-38(27-21-34)43(39-28-22-35(23-29-39)33-14-6-2-7-15-33)40-30-24-37(25-31-40)42-19-11-10-18-41(42)36-16-8-3-9-17-36/h1-22,24-28,30-31H,23,29H2. The van der Waals surface area contributed by atoms with Crippen molar-refractivity contribution >= 4 is 16.9 Å². The second kappa shape index (κ2) is 12.2. The molecule has 0 N–H and O–H groups in total. The number of nitrogens with zero attached hydrogens (tertiary/aromatic N) is 1. The second-order valence-electron chi connectivity index (χ2n) is 10.9. The largest absolute Gasteiger partial charge is 0.314 e. The predicted octanol–water partition coefficient (Wildman–Crippen LogP) is 11.6. The lowest BCUT2D eigenvalue weighted by molar-refractivity contribution is 0.930. The molecule has 0 radical (unpaired) electrons. The Balaban J connectivity index is 1.26. The van der Waals surface area contributed by atoms with Gasteiger partial charge in [0, 0.05) is 17.1 Å². The molecule has 43 heavy (non-hydrogen) atoms. The Morgan fingerprint density at radius 1 is 0.326 bits per heavy atom. The summed E-state index contributed by atoms with van der Waals surface area (Å²) in [5.74, 6) is 0. The molecule has 1 heteroatoms. The first kappa shape index (κ1) is 26.5. The van der Waals surface area contributed by atoms with Gasteiger partial charge in [-0.25, -0.2) is 0 Å². The normalized spacial score (nSPS) is 12.7. The fourth-order valence-corrected chi connectivity index (χ4v) is 6.01. The number of allylic oxidation sites excluding steroid dienone is 4. The van der Waals surface area contributed by atoms with Gasteiger partial charge in [-0.05, 0) is 87.7 Å². The summed E-state index contributed by atoms with van der Waals surface area (Å²) in [5, 5.41) is 0. The van der Waals surface area contributed by atoms with E-state index < -0.39 is 0 Å². The van der Waals surface area contributed by atoms with Crippen molar-refractivity contribution < 1.29 is 0 Å². The van der Waals surface area contributed by atoms with Crippen molar-refractivity contribution in [2.45, 2.75) is 12.8 Å². The topological polar surface area (TPSA) is 3.24 Å². The lowest BCUT2D eigenvalue weighted by Crippen LogP contribution is -2.17. The molecule has 206 valence electrons. The summed E-state index contributed by atoms with van der Waals surface area (Å²) < 4.78 is 0. The van der Waals surface area contributed by atoms with E-state index in [-0.39, 0.29) is 0 Å². The number of hydrogen-bond acceptors (Lipinski definition) is 1. The predicted molar refractivity (Wildman–Crippen MR) is 183 cm³/mol. The molecule has 0 spiro atoms. The number of hydrogen-bond donors (Lipinski definition) is 0. The van der Waals surface area contributed by atoms with E-state index in [1.54, 1.807) is 0 Å². The average molecular weight is 552 g/mol. The van der Waals surface area contributed by atoms with Crippen molar-refractivity contribution in [3.05, 3.63) is 187 Å². The van der Waals surface area contributed by atoms with Crippen LogP contribution in [0.3, 0.4) is 0 Å². The highest BCUT2D eigenvalue weighted by Crippen LogP contribution is 2.39. The maximum atomic E-state index is 2.42. The number of benzene rings is 6. The molecule has 1 aliphatic carbocycles. The molecule has 6 aromatic carbocycles. The van der Waals surface area contributed by atoms with Gasteiger partial charge in [-0.15, -0.1) is 0 Å². The van der Waals surface area contributed by atoms with Crippen molar-refractivity contribution in [2.24, 2.45) is 0 Å². The minimum absolute atomic E-state index is 0.972. The van der Waals surface area contributed by atoms with Crippen molar-refractivity contribution in [3.8, 4) is 33.4 Å². The van der Waals surface area contributed by atoms with Gasteiger partial charge in [-0.3, -0.25) is 0 Å². The van der Waals surface area contributed by atoms with Gasteiger partial charge in [0.05, 0.1) is 0 Å². The molecule has 0 aliphatic heterocycles. The van der Waals surface area contributed by atoms with Crippen molar-refractivity contribution in [1.82, 2.24) is 0 Å². The van der Waals surface area contributed by atoms with Gasteiger partial charge < -0.3 is 4.90 Å². The summed E-state index contributed by atoms with van der Waals surface area (Å²) in [6, 6.07) is 58.6. The van der Waals surface area contributed by atoms with E-state index in [0.717, 1.165) is 18.5 Å². The summed E-state index contributed by atoms with van der Waals surface area (Å²) in [6.07, 6.45) is 6.58. The maximum Gasteiger partial charge on any atom is 0.0458 e. The molecule has 0 bridgehead atoms. The Morgan fingerprint density at radius 2 is 0.744 bits per heavy atom. The average Bonchev–Trinajstić information content (AvgIpc) is 3.10. The van der Waals surface area contributed by atoms with E-state index in [4.69, 9.17) is 0 Å². The van der Waals surface area contributed by atoms with Crippen LogP contribution in [0.4, 0.5) is 11.4 Å². The molecular formula is C42H33N. The summed E-state index contributed by atoms with van der Waals surface area (Å²) in [4.78, 5) is 2.42. The first-order chi connectivity index (χ1) is 21.3. The van der Waals surface area contributed by atoms with E-state index in [1.165, 1.54) is 55.9 Å². The van der Waals surface area contributed by atoms with E-state index in [9.17, 15) is 0 Å². The van der Waals surface area contributed by atoms with Crippen LogP contribution in [0.5, 0.6) is 0 Å². The van der Waals surface area contributed by atoms with E-state index in [2.05, 4.69) is 181 Å². The molecule has 0 atom stereocenters. The van der Waals surface area contributed by atoms with Crippen molar-refractivity contribution in [3.63, 3.8) is 0 Å². The van der Waals surface area contributed by atoms with Crippen molar-refractivity contribution in [1.29, 1.82) is 0 Å². The molecule has 1 aliphatic rings. The van der Waals surface area contributed by atoms with Crippen LogP contribution < -0.4 is 4.90 Å². The summed E-state index contributed by atoms with van der Waals surface area (Å²) >= 11 is 0. The molecule has 0 fully saturated rings. The third-order valence-corrected chi connectivity index (χ3v) is 8.24. The molecule has 6 aromatic rings. The molecule has 0 aromatic heterocycles. The summed E-state index contributed by atoms with van der Waals surface area (Å²) in [7, 11) is 0. The Bertz CT molecular complexity index is 1870. The van der Waals surface area contributed by atoms with Crippen LogP contribution in [-0.2, 0) is 0 Å². The van der Waals surface area contributed by atoms with Gasteiger partial charge in [0.15, 0.2) is 0 Å². The van der Waals surface area contributed by atoms with Crippen LogP contribution in [-0.4, -0.2) is 0 Å². The Kier molecular flexibility index (Phi) is 7.53. The molecule has 0 amide bonds. The fraction of sp³-hybridized carbons (Fsp3) is 0.0476. The SMILES string of the molecule is C1=C(c2ccccc2)CCC(N(c2ccc(-c3ccccc3)cc2)c2ccc(-c3ccccc3-c3ccccc3)cc2)=C1. The van der Waals surface area contributed by atoms with Crippen LogP contribution in [0.15, 0.2) is 182 Å². The molecular weight excluding hydrogens is 518 g/mol. The lowest BCUT2D eigenvalue weighted by Gasteiger charge is -2.30. The highest BCUT2D eigenvalue weighted by Gasteiger charge is 2.19. The second-order valence-corrected chi connectivity index (χ2v) is 10.9. The van der Waals surface area contributed by atoms with Crippen LogP contribution in [0.2, 0.25) is 0 Å². The third-order valence-electron chi connectivity index (χ3n) is 8.24. The van der Waals surface area contributed by atoms with Gasteiger partial charge in [0.2, 0.25) is 0 Å². The van der Waals surface area contributed by atoms with Gasteiger partial charge in [0.25, 0.3) is 0 Å². The van der Waals surface area contributed by atoms with Gasteiger partial charge >= 0.3 is 0 Å². The minimum atomic E-state index is 0.972. The lowest BCUT2D eigenvalue weighted by atomic mass is 9.93. The Hall–Kier alpha value is -5.40. The molecule has 0 heterocycles. The minimum Gasteiger partial charge on any atom is -0.314 e. The molecule has 0 unspecified atom stereocenters. The monoisotopic (exact) mass is 551 g/mol. The zero-order valence-electron chi connectivity index (χ0n) is 24.1. The smallest absolute Gasteiger partial charge is 0.0458 e. The molecule has 7 rings (SSSR count). The molecule has 1 nitrogen and oxygen atoms in total. The van der Waals surface area contributed by atoms with Crippen LogP contribution in [0.1, 0.15) is 18.4 Å². The van der Waals surface area contributed by atoms with Gasteiger partial charge in [0.1, 0.15) is 0 Å². The highest BCUT2D eigenvalue weighted by molar-refractivity contribution is 5.85. The fourth-order valence-electron chi connectivity index (χ4n) is 6.01. The van der Waals surface area contributed by atoms with Gasteiger partial charge in [-0.1, -0.05) is 146 Å². The Labute approximate surface area is 254 Å². The summed E-state index contributed by atoms with van der Waals surface area (Å²) in [5.41, 5.74) is 13.7. The summed E-state index contributed by atoms with van der Waals surface area (Å²) in [6.45, 7) is 0. The highest BCUT2D eigenvalue weighted by atomic mass is 15.1. The van der Waals surface area contributed by atoms with E-state index in [1.807, 2.05) is 0 Å². The Morgan fingerprint density at radius 3 is 1.26 bits per heavy atom. The maximum absolute atomic E-state index is 2.42. The molecule has 0 saturated carbocycles. The van der Waals surface area contributed by atoms with Gasteiger partial charge in [-0.2, -0.15) is 0 Å². The third kappa shape index (κ3) is 5.71. The van der Waals surface area contributed by atoms with Crippen LogP contribution >= 0.6 is 0 Å². The quantitative estimate of drug-likeness (QED) is 0.191. The first-order valence-electron chi connectivity index (χ1n) is 15.0. The molecule has 0 saturated heterocycles. The van der Waals surface area contributed by atoms with E-state index >= 15 is 0 Å². The van der Waals surface area contributed by atoms with E-state index in [0.29, 0.717) is 0 Å². The number of anilines is 2. The van der Waals surface area contributed by atoms with Crippen molar-refractivity contribution in [2.75, 3.05) is 4.90 Å². The van der Waals surface area contributed by atoms with Crippen LogP contribution in [0.25, 0.3) is 39.0 Å². The zero-order valence-corrected chi connectivity index (χ0v) is 24.1. The first-order valence-corrected chi connectivity index (χ1v) is 15.0. The van der Waals surface area contributed by atoms with Crippen LogP contribution in [0, 0.1) is 0 Å².